The molecule has 2 amide bonds. The predicted molar refractivity (Wildman–Crippen MR) is 75.0 cm³/mol. The smallest absolute Gasteiger partial charge is 0.322 e. The van der Waals surface area contributed by atoms with Crippen LogP contribution in [0.3, 0.4) is 0 Å². The van der Waals surface area contributed by atoms with Crippen LogP contribution in [0, 0.1) is 5.92 Å². The Labute approximate surface area is 122 Å². The maximum Gasteiger partial charge on any atom is 0.322 e. The summed E-state index contributed by atoms with van der Waals surface area (Å²) in [6.07, 6.45) is 3.76. The van der Waals surface area contributed by atoms with E-state index >= 15 is 0 Å². The van der Waals surface area contributed by atoms with Crippen molar-refractivity contribution < 1.29 is 19.4 Å². The van der Waals surface area contributed by atoms with Gasteiger partial charge in [0.25, 0.3) is 0 Å². The van der Waals surface area contributed by atoms with E-state index in [9.17, 15) is 9.59 Å². The average molecular weight is 296 g/mol. The lowest BCUT2D eigenvalue weighted by Crippen LogP contribution is -2.40. The summed E-state index contributed by atoms with van der Waals surface area (Å²) in [5.41, 5.74) is 0.585. The first-order valence-corrected chi connectivity index (χ1v) is 6.84. The number of rotatable bonds is 5. The van der Waals surface area contributed by atoms with Crippen molar-refractivity contribution in [1.29, 1.82) is 0 Å². The molecule has 2 rings (SSSR count). The van der Waals surface area contributed by atoms with Gasteiger partial charge in [-0.2, -0.15) is 5.10 Å². The summed E-state index contributed by atoms with van der Waals surface area (Å²) >= 11 is 0. The lowest BCUT2D eigenvalue weighted by atomic mass is 10.0. The number of hydrogen-bond acceptors (Lipinski definition) is 4. The van der Waals surface area contributed by atoms with Crippen molar-refractivity contribution in [3.63, 3.8) is 0 Å². The molecule has 0 aliphatic carbocycles. The number of hydrogen-bond donors (Lipinski definition) is 2. The number of aliphatic carboxylic acids is 1. The van der Waals surface area contributed by atoms with Crippen molar-refractivity contribution in [3.8, 4) is 0 Å². The number of amides is 2. The fourth-order valence-electron chi connectivity index (χ4n) is 2.49. The summed E-state index contributed by atoms with van der Waals surface area (Å²) in [5.74, 6) is -1.36. The van der Waals surface area contributed by atoms with Gasteiger partial charge in [-0.25, -0.2) is 4.79 Å². The van der Waals surface area contributed by atoms with Gasteiger partial charge in [0, 0.05) is 25.9 Å². The van der Waals surface area contributed by atoms with Gasteiger partial charge in [0.1, 0.15) is 0 Å². The van der Waals surface area contributed by atoms with Crippen LogP contribution in [-0.4, -0.2) is 58.1 Å². The molecule has 21 heavy (non-hydrogen) atoms. The zero-order valence-electron chi connectivity index (χ0n) is 12.2. The van der Waals surface area contributed by atoms with Crippen LogP contribution in [0.25, 0.3) is 0 Å². The fraction of sp³-hybridized carbons (Fsp3) is 0.615. The Kier molecular flexibility index (Phi) is 4.79. The zero-order chi connectivity index (χ0) is 15.4. The monoisotopic (exact) mass is 296 g/mol. The number of nitrogens with one attached hydrogen (secondary N) is 1. The molecule has 1 aliphatic rings. The molecule has 2 N–H and O–H groups in total. The number of urea groups is 1. The maximum atomic E-state index is 12.2. The maximum absolute atomic E-state index is 12.2. The van der Waals surface area contributed by atoms with Crippen molar-refractivity contribution in [2.45, 2.75) is 25.9 Å². The molecule has 1 fully saturated rings. The first-order chi connectivity index (χ1) is 10.0. The Morgan fingerprint density at radius 1 is 1.57 bits per heavy atom. The van der Waals surface area contributed by atoms with Crippen molar-refractivity contribution in [2.75, 3.05) is 25.6 Å². The molecule has 2 heterocycles. The zero-order valence-corrected chi connectivity index (χ0v) is 12.2. The summed E-state index contributed by atoms with van der Waals surface area (Å²) in [7, 11) is 1.61. The topological polar surface area (TPSA) is 96.7 Å². The number of anilines is 1. The highest BCUT2D eigenvalue weighted by Gasteiger charge is 2.38. The van der Waals surface area contributed by atoms with Gasteiger partial charge in [0.05, 0.1) is 31.0 Å². The second-order valence-corrected chi connectivity index (χ2v) is 5.08. The summed E-state index contributed by atoms with van der Waals surface area (Å²) in [6.45, 7) is 3.35. The molecule has 1 aromatic heterocycles. The minimum atomic E-state index is -0.856. The second kappa shape index (κ2) is 6.57. The van der Waals surface area contributed by atoms with E-state index in [1.54, 1.807) is 36.0 Å². The molecular weight excluding hydrogens is 276 g/mol. The summed E-state index contributed by atoms with van der Waals surface area (Å²) in [4.78, 5) is 24.8. The second-order valence-electron chi connectivity index (χ2n) is 5.08. The van der Waals surface area contributed by atoms with E-state index in [0.717, 1.165) is 0 Å². The minimum Gasteiger partial charge on any atom is -0.481 e. The Bertz CT molecular complexity index is 516. The van der Waals surface area contributed by atoms with Gasteiger partial charge in [0.15, 0.2) is 0 Å². The lowest BCUT2D eigenvalue weighted by molar-refractivity contribution is -0.142. The molecule has 2 unspecified atom stereocenters. The fourth-order valence-corrected chi connectivity index (χ4v) is 2.49. The van der Waals surface area contributed by atoms with Crippen molar-refractivity contribution >= 4 is 17.7 Å². The molecule has 2 atom stereocenters. The number of carbonyl (C=O) groups excluding carboxylic acids is 1. The Morgan fingerprint density at radius 2 is 2.33 bits per heavy atom. The predicted octanol–water partition coefficient (Wildman–Crippen LogP) is 0.856. The number of likely N-dealkylation sites (tertiary alicyclic amines) is 1. The minimum absolute atomic E-state index is 0.294. The van der Waals surface area contributed by atoms with Crippen LogP contribution in [0.5, 0.6) is 0 Å². The van der Waals surface area contributed by atoms with Crippen LogP contribution >= 0.6 is 0 Å². The molecule has 8 nitrogen and oxygen atoms in total. The third-order valence-electron chi connectivity index (χ3n) is 3.74. The molecule has 0 aromatic carbocycles. The van der Waals surface area contributed by atoms with Crippen LogP contribution in [-0.2, 0) is 16.1 Å². The first kappa shape index (κ1) is 15.3. The molecule has 0 spiro atoms. The highest BCUT2D eigenvalue weighted by molar-refractivity contribution is 5.90. The molecule has 0 radical (unpaired) electrons. The molecule has 8 heteroatoms. The average Bonchev–Trinajstić information content (AvgIpc) is 3.03. The van der Waals surface area contributed by atoms with Crippen molar-refractivity contribution in [3.05, 3.63) is 12.4 Å². The molecule has 1 aliphatic heterocycles. The number of carbonyl (C=O) groups is 2. The van der Waals surface area contributed by atoms with Gasteiger partial charge >= 0.3 is 12.0 Å². The number of ether oxygens (including phenoxy) is 1. The van der Waals surface area contributed by atoms with Gasteiger partial charge in [0.2, 0.25) is 0 Å². The number of aromatic nitrogens is 2. The number of carboxylic acids is 1. The first-order valence-electron chi connectivity index (χ1n) is 6.84. The third kappa shape index (κ3) is 3.52. The third-order valence-corrected chi connectivity index (χ3v) is 3.74. The van der Waals surface area contributed by atoms with Gasteiger partial charge < -0.3 is 20.1 Å². The molecule has 1 saturated heterocycles. The van der Waals surface area contributed by atoms with Crippen LogP contribution in [0.4, 0.5) is 10.5 Å². The molecule has 0 bridgehead atoms. The van der Waals surface area contributed by atoms with Crippen LogP contribution < -0.4 is 5.32 Å². The highest BCUT2D eigenvalue weighted by Crippen LogP contribution is 2.25. The lowest BCUT2D eigenvalue weighted by Gasteiger charge is -2.23. The highest BCUT2D eigenvalue weighted by atomic mass is 16.5. The van der Waals surface area contributed by atoms with Gasteiger partial charge in [-0.15, -0.1) is 0 Å². The molecular formula is C13H20N4O4. The van der Waals surface area contributed by atoms with E-state index in [2.05, 4.69) is 10.4 Å². The van der Waals surface area contributed by atoms with E-state index in [1.807, 2.05) is 0 Å². The van der Waals surface area contributed by atoms with E-state index in [1.165, 1.54) is 0 Å². The van der Waals surface area contributed by atoms with Crippen molar-refractivity contribution in [1.82, 2.24) is 14.7 Å². The summed E-state index contributed by atoms with van der Waals surface area (Å²) in [6, 6.07) is -0.608. The molecule has 116 valence electrons. The Morgan fingerprint density at radius 3 is 2.95 bits per heavy atom. The number of nitrogens with zero attached hydrogens (tertiary/aromatic N) is 3. The largest absolute Gasteiger partial charge is 0.481 e. The van der Waals surface area contributed by atoms with Gasteiger partial charge in [-0.1, -0.05) is 0 Å². The van der Waals surface area contributed by atoms with E-state index < -0.39 is 11.9 Å². The summed E-state index contributed by atoms with van der Waals surface area (Å²) < 4.78 is 6.63. The standard InChI is InChI=1S/C13H20N4O4/c1-9-11(12(18)19)3-4-17(9)13(20)15-10-7-14-16(8-10)5-6-21-2/h7-9,11H,3-6H2,1-2H3,(H,15,20)(H,18,19). The van der Waals surface area contributed by atoms with Crippen LogP contribution in [0.1, 0.15) is 13.3 Å². The molecule has 1 aromatic rings. The van der Waals surface area contributed by atoms with E-state index in [-0.39, 0.29) is 12.1 Å². The van der Waals surface area contributed by atoms with Crippen LogP contribution in [0.15, 0.2) is 12.4 Å². The number of methoxy groups -OCH3 is 1. The number of carboxylic acid groups (broad SMARTS) is 1. The SMILES string of the molecule is COCCn1cc(NC(=O)N2CCC(C(=O)O)C2C)cn1. The Balaban J connectivity index is 1.92. The quantitative estimate of drug-likeness (QED) is 0.840. The molecule has 0 saturated carbocycles. The van der Waals surface area contributed by atoms with Gasteiger partial charge in [-0.05, 0) is 13.3 Å². The Hall–Kier alpha value is -2.09. The van der Waals surface area contributed by atoms with E-state index in [0.29, 0.717) is 31.8 Å². The van der Waals surface area contributed by atoms with Crippen molar-refractivity contribution in [2.24, 2.45) is 5.92 Å². The van der Waals surface area contributed by atoms with Crippen LogP contribution in [0.2, 0.25) is 0 Å². The van der Waals surface area contributed by atoms with E-state index in [4.69, 9.17) is 9.84 Å². The van der Waals surface area contributed by atoms with Gasteiger partial charge in [-0.3, -0.25) is 9.48 Å². The summed E-state index contributed by atoms with van der Waals surface area (Å²) in [5, 5.41) is 15.9. The normalized spacial score (nSPS) is 21.5.